The van der Waals surface area contributed by atoms with Crippen LogP contribution in [0.2, 0.25) is 0 Å². The number of rotatable bonds is 6. The molecule has 0 N–H and O–H groups in total. The maximum absolute atomic E-state index is 13.7. The zero-order chi connectivity index (χ0) is 34.6. The van der Waals surface area contributed by atoms with Crippen LogP contribution in [0.3, 0.4) is 0 Å². The maximum Gasteiger partial charge on any atom is 0.123 e. The molecular formula is C50H33FS. The second-order valence-electron chi connectivity index (χ2n) is 13.8. The molecule has 0 fully saturated rings. The van der Waals surface area contributed by atoms with Gasteiger partial charge >= 0.3 is 0 Å². The molecule has 0 amide bonds. The van der Waals surface area contributed by atoms with E-state index in [1.807, 2.05) is 23.5 Å². The molecule has 0 aliphatic rings. The van der Waals surface area contributed by atoms with Crippen molar-refractivity contribution in [3.63, 3.8) is 0 Å². The molecule has 1 atom stereocenters. The normalized spacial score (nSPS) is 12.3. The van der Waals surface area contributed by atoms with Crippen molar-refractivity contribution >= 4 is 63.8 Å². The Kier molecular flexibility index (Phi) is 7.44. The Labute approximate surface area is 306 Å². The molecule has 52 heavy (non-hydrogen) atoms. The molecule has 0 radical (unpaired) electrons. The first-order valence-electron chi connectivity index (χ1n) is 17.9. The number of hydrogen-bond acceptors (Lipinski definition) is 1. The Morgan fingerprint density at radius 1 is 0.442 bits per heavy atom. The van der Waals surface area contributed by atoms with E-state index in [4.69, 9.17) is 0 Å². The highest BCUT2D eigenvalue weighted by Gasteiger charge is 2.19. The molecule has 1 aromatic heterocycles. The molecule has 10 aromatic rings. The van der Waals surface area contributed by atoms with Gasteiger partial charge < -0.3 is 0 Å². The lowest BCUT2D eigenvalue weighted by Gasteiger charge is -2.20. The highest BCUT2D eigenvalue weighted by molar-refractivity contribution is 7.26. The molecule has 0 aliphatic heterocycles. The number of thiophene rings is 1. The van der Waals surface area contributed by atoms with Gasteiger partial charge in [0.2, 0.25) is 0 Å². The number of benzene rings is 9. The minimum Gasteiger partial charge on any atom is -0.207 e. The van der Waals surface area contributed by atoms with Crippen LogP contribution in [0.5, 0.6) is 0 Å². The standard InChI is InChI=1S/C50H33FS/c51-43-24-22-35(23-25-43)34-16-19-36(20-17-34)45(42-21-18-33-9-1-2-10-37(33)28-42)27-32-8-7-14-40(26-32)46-30-41-13-5-6-15-44(41)50-49(46)47-29-38-11-3-4-12-39(38)31-48(47)52-50/h1-26,28-31,45H,27H2. The summed E-state index contributed by atoms with van der Waals surface area (Å²) in [6.07, 6.45) is 0.855. The fourth-order valence-corrected chi connectivity index (χ4v) is 9.32. The summed E-state index contributed by atoms with van der Waals surface area (Å²) in [6, 6.07) is 64.9. The predicted octanol–water partition coefficient (Wildman–Crippen LogP) is 14.4. The maximum atomic E-state index is 13.7. The molecule has 0 aliphatic carbocycles. The third-order valence-corrected chi connectivity index (χ3v) is 11.9. The van der Waals surface area contributed by atoms with Crippen LogP contribution in [-0.2, 0) is 6.42 Å². The summed E-state index contributed by atoms with van der Waals surface area (Å²) >= 11 is 1.91. The van der Waals surface area contributed by atoms with Crippen LogP contribution < -0.4 is 0 Å². The minimum atomic E-state index is -0.218. The smallest absolute Gasteiger partial charge is 0.123 e. The quantitative estimate of drug-likeness (QED) is 0.164. The first-order valence-corrected chi connectivity index (χ1v) is 18.7. The second kappa shape index (κ2) is 12.6. The van der Waals surface area contributed by atoms with Crippen LogP contribution in [0.25, 0.3) is 74.7 Å². The van der Waals surface area contributed by atoms with Crippen molar-refractivity contribution in [1.82, 2.24) is 0 Å². The minimum absolute atomic E-state index is 0.145. The molecule has 0 bridgehead atoms. The topological polar surface area (TPSA) is 0 Å². The van der Waals surface area contributed by atoms with E-state index < -0.39 is 0 Å². The monoisotopic (exact) mass is 684 g/mol. The van der Waals surface area contributed by atoms with Crippen molar-refractivity contribution in [2.45, 2.75) is 12.3 Å². The van der Waals surface area contributed by atoms with Crippen molar-refractivity contribution in [2.75, 3.05) is 0 Å². The fourth-order valence-electron chi connectivity index (χ4n) is 8.03. The van der Waals surface area contributed by atoms with E-state index in [0.29, 0.717) is 0 Å². The summed E-state index contributed by atoms with van der Waals surface area (Å²) in [4.78, 5) is 0. The van der Waals surface area contributed by atoms with E-state index in [9.17, 15) is 4.39 Å². The van der Waals surface area contributed by atoms with Gasteiger partial charge in [0.05, 0.1) is 0 Å². The molecular weight excluding hydrogens is 652 g/mol. The van der Waals surface area contributed by atoms with Crippen molar-refractivity contribution in [3.8, 4) is 22.3 Å². The average molecular weight is 685 g/mol. The van der Waals surface area contributed by atoms with Gasteiger partial charge in [-0.2, -0.15) is 0 Å². The van der Waals surface area contributed by atoms with Gasteiger partial charge in [-0.25, -0.2) is 4.39 Å². The zero-order valence-electron chi connectivity index (χ0n) is 28.4. The Bertz CT molecular complexity index is 2930. The van der Waals surface area contributed by atoms with Crippen LogP contribution in [0.15, 0.2) is 182 Å². The molecule has 0 nitrogen and oxygen atoms in total. The number of hydrogen-bond donors (Lipinski definition) is 0. The van der Waals surface area contributed by atoms with E-state index in [2.05, 4.69) is 158 Å². The molecule has 10 rings (SSSR count). The van der Waals surface area contributed by atoms with Crippen LogP contribution >= 0.6 is 11.3 Å². The average Bonchev–Trinajstić information content (AvgIpc) is 3.57. The van der Waals surface area contributed by atoms with E-state index in [0.717, 1.165) is 17.5 Å². The highest BCUT2D eigenvalue weighted by Crippen LogP contribution is 2.45. The molecule has 246 valence electrons. The Hall–Kier alpha value is -6.09. The van der Waals surface area contributed by atoms with Crippen LogP contribution in [0.1, 0.15) is 22.6 Å². The summed E-state index contributed by atoms with van der Waals surface area (Å²) in [5, 5.41) is 10.3. The van der Waals surface area contributed by atoms with E-state index in [1.165, 1.54) is 92.4 Å². The van der Waals surface area contributed by atoms with Crippen molar-refractivity contribution in [3.05, 3.63) is 204 Å². The van der Waals surface area contributed by atoms with Gasteiger partial charge in [0.25, 0.3) is 0 Å². The molecule has 1 unspecified atom stereocenters. The summed E-state index contributed by atoms with van der Waals surface area (Å²) in [7, 11) is 0. The third-order valence-electron chi connectivity index (χ3n) is 10.7. The van der Waals surface area contributed by atoms with E-state index in [-0.39, 0.29) is 11.7 Å². The summed E-state index contributed by atoms with van der Waals surface area (Å²) in [5.74, 6) is -0.0730. The molecule has 1 heterocycles. The van der Waals surface area contributed by atoms with Crippen LogP contribution in [-0.4, -0.2) is 0 Å². The van der Waals surface area contributed by atoms with E-state index >= 15 is 0 Å². The summed E-state index contributed by atoms with van der Waals surface area (Å²) < 4.78 is 16.3. The second-order valence-corrected chi connectivity index (χ2v) is 14.9. The molecule has 2 heteroatoms. The lowest BCUT2D eigenvalue weighted by molar-refractivity contribution is 0.628. The first-order chi connectivity index (χ1) is 25.6. The van der Waals surface area contributed by atoms with Gasteiger partial charge in [-0.1, -0.05) is 152 Å². The lowest BCUT2D eigenvalue weighted by Crippen LogP contribution is -2.05. The van der Waals surface area contributed by atoms with Crippen molar-refractivity contribution in [1.29, 1.82) is 0 Å². The predicted molar refractivity (Wildman–Crippen MR) is 221 cm³/mol. The van der Waals surface area contributed by atoms with Crippen molar-refractivity contribution < 1.29 is 4.39 Å². The van der Waals surface area contributed by atoms with Crippen LogP contribution in [0, 0.1) is 5.82 Å². The largest absolute Gasteiger partial charge is 0.207 e. The molecule has 0 spiro atoms. The summed E-state index contributed by atoms with van der Waals surface area (Å²) in [5.41, 5.74) is 8.47. The van der Waals surface area contributed by atoms with Gasteiger partial charge in [-0.05, 0) is 108 Å². The van der Waals surface area contributed by atoms with Gasteiger partial charge in [-0.3, -0.25) is 0 Å². The Balaban J connectivity index is 1.11. The van der Waals surface area contributed by atoms with Gasteiger partial charge in [0.1, 0.15) is 5.82 Å². The molecule has 0 saturated heterocycles. The third kappa shape index (κ3) is 5.44. The van der Waals surface area contributed by atoms with Gasteiger partial charge in [0, 0.05) is 26.1 Å². The van der Waals surface area contributed by atoms with E-state index in [1.54, 1.807) is 0 Å². The number of halogens is 1. The Morgan fingerprint density at radius 2 is 1.08 bits per heavy atom. The SMILES string of the molecule is Fc1ccc(-c2ccc(C(Cc3cccc(-c4cc5ccccc5c5sc6cc7ccccc7cc6c45)c3)c3ccc4ccccc4c3)cc2)cc1. The molecule has 0 saturated carbocycles. The van der Waals surface area contributed by atoms with Gasteiger partial charge in [-0.15, -0.1) is 11.3 Å². The summed E-state index contributed by atoms with van der Waals surface area (Å²) in [6.45, 7) is 0. The first kappa shape index (κ1) is 30.7. The van der Waals surface area contributed by atoms with Crippen LogP contribution in [0.4, 0.5) is 4.39 Å². The lowest BCUT2D eigenvalue weighted by atomic mass is 9.84. The highest BCUT2D eigenvalue weighted by atomic mass is 32.1. The fraction of sp³-hybridized carbons (Fsp3) is 0.0400. The van der Waals surface area contributed by atoms with Crippen molar-refractivity contribution in [2.24, 2.45) is 0 Å². The zero-order valence-corrected chi connectivity index (χ0v) is 29.2. The van der Waals surface area contributed by atoms with Gasteiger partial charge in [0.15, 0.2) is 0 Å². The number of fused-ring (bicyclic) bond motifs is 7. The molecule has 9 aromatic carbocycles. The Morgan fingerprint density at radius 3 is 1.85 bits per heavy atom.